The van der Waals surface area contributed by atoms with Crippen LogP contribution >= 0.6 is 0 Å². The van der Waals surface area contributed by atoms with Gasteiger partial charge in [0.15, 0.2) is 11.5 Å². The number of methoxy groups -OCH3 is 2. The van der Waals surface area contributed by atoms with Crippen LogP contribution in [-0.4, -0.2) is 66.7 Å². The molecule has 1 fully saturated rings. The quantitative estimate of drug-likeness (QED) is 0.203. The maximum atomic E-state index is 12.2. The van der Waals surface area contributed by atoms with Crippen LogP contribution < -0.4 is 19.7 Å². The first-order chi connectivity index (χ1) is 20.1. The van der Waals surface area contributed by atoms with Crippen molar-refractivity contribution in [3.63, 3.8) is 0 Å². The Balaban J connectivity index is 1.29. The van der Waals surface area contributed by atoms with Gasteiger partial charge in [-0.05, 0) is 35.2 Å². The van der Waals surface area contributed by atoms with Crippen LogP contribution in [-0.2, 0) is 6.42 Å². The van der Waals surface area contributed by atoms with E-state index in [0.29, 0.717) is 43.4 Å². The van der Waals surface area contributed by atoms with Gasteiger partial charge in [0.25, 0.3) is 0 Å². The second kappa shape index (κ2) is 13.1. The SMILES string of the molecule is COc1ccc(CCNc2ncnc(N3CCN(C(c4ccccc4)c4ccccc4)CC3)c2[N+](=O)[O-])cc1OC. The molecule has 41 heavy (non-hydrogen) atoms. The van der Waals surface area contributed by atoms with Gasteiger partial charge in [-0.2, -0.15) is 0 Å². The van der Waals surface area contributed by atoms with Crippen molar-refractivity contribution < 1.29 is 14.4 Å². The first-order valence-corrected chi connectivity index (χ1v) is 13.6. The number of rotatable bonds is 11. The van der Waals surface area contributed by atoms with Crippen LogP contribution in [0.2, 0.25) is 0 Å². The molecule has 1 saturated heterocycles. The zero-order valence-corrected chi connectivity index (χ0v) is 23.3. The normalized spacial score (nSPS) is 13.7. The molecule has 10 heteroatoms. The number of anilines is 2. The summed E-state index contributed by atoms with van der Waals surface area (Å²) in [7, 11) is 3.19. The smallest absolute Gasteiger partial charge is 0.353 e. The second-order valence-corrected chi connectivity index (χ2v) is 9.76. The average Bonchev–Trinajstić information content (AvgIpc) is 3.02. The van der Waals surface area contributed by atoms with Crippen LogP contribution in [0.1, 0.15) is 22.7 Å². The van der Waals surface area contributed by atoms with Crippen molar-refractivity contribution in [2.24, 2.45) is 0 Å². The Hall–Kier alpha value is -4.70. The number of hydrogen-bond acceptors (Lipinski definition) is 9. The van der Waals surface area contributed by atoms with E-state index in [4.69, 9.17) is 9.47 Å². The second-order valence-electron chi connectivity index (χ2n) is 9.76. The van der Waals surface area contributed by atoms with Crippen molar-refractivity contribution in [2.75, 3.05) is 57.2 Å². The van der Waals surface area contributed by atoms with Crippen molar-refractivity contribution in [1.29, 1.82) is 0 Å². The molecule has 3 aromatic carbocycles. The number of piperazine rings is 1. The van der Waals surface area contributed by atoms with E-state index in [9.17, 15) is 10.1 Å². The molecule has 0 saturated carbocycles. The molecule has 1 aliphatic heterocycles. The molecule has 10 nitrogen and oxygen atoms in total. The summed E-state index contributed by atoms with van der Waals surface area (Å²) in [5, 5.41) is 15.4. The van der Waals surface area contributed by atoms with Crippen LogP contribution in [0.15, 0.2) is 85.2 Å². The molecule has 1 aliphatic rings. The Morgan fingerprint density at radius 2 is 1.51 bits per heavy atom. The molecule has 1 aromatic heterocycles. The van der Waals surface area contributed by atoms with Crippen molar-refractivity contribution in [3.8, 4) is 11.5 Å². The molecule has 2 heterocycles. The highest BCUT2D eigenvalue weighted by atomic mass is 16.6. The molecule has 0 unspecified atom stereocenters. The minimum Gasteiger partial charge on any atom is -0.493 e. The Labute approximate surface area is 239 Å². The first kappa shape index (κ1) is 27.9. The van der Waals surface area contributed by atoms with Crippen molar-refractivity contribution in [1.82, 2.24) is 14.9 Å². The Morgan fingerprint density at radius 1 is 0.878 bits per heavy atom. The summed E-state index contributed by atoms with van der Waals surface area (Å²) < 4.78 is 10.7. The molecule has 212 valence electrons. The molecule has 5 rings (SSSR count). The lowest BCUT2D eigenvalue weighted by atomic mass is 9.96. The number of hydrogen-bond donors (Lipinski definition) is 1. The number of ether oxygens (including phenoxy) is 2. The lowest BCUT2D eigenvalue weighted by Gasteiger charge is -2.40. The predicted molar refractivity (Wildman–Crippen MR) is 159 cm³/mol. The third kappa shape index (κ3) is 6.38. The minimum absolute atomic E-state index is 0.101. The maximum absolute atomic E-state index is 12.2. The highest BCUT2D eigenvalue weighted by Gasteiger charge is 2.32. The molecular formula is C31H34N6O4. The predicted octanol–water partition coefficient (Wildman–Crippen LogP) is 4.97. The van der Waals surface area contributed by atoms with Gasteiger partial charge in [-0.3, -0.25) is 15.0 Å². The van der Waals surface area contributed by atoms with E-state index < -0.39 is 4.92 Å². The van der Waals surface area contributed by atoms with Crippen LogP contribution in [0.5, 0.6) is 11.5 Å². The minimum atomic E-state index is -0.392. The van der Waals surface area contributed by atoms with E-state index in [0.717, 1.165) is 18.7 Å². The molecule has 0 aliphatic carbocycles. The fraction of sp³-hybridized carbons (Fsp3) is 0.290. The van der Waals surface area contributed by atoms with Gasteiger partial charge in [0.05, 0.1) is 25.2 Å². The van der Waals surface area contributed by atoms with Gasteiger partial charge in [-0.1, -0.05) is 66.7 Å². The molecule has 4 aromatic rings. The third-order valence-corrected chi connectivity index (χ3v) is 7.35. The number of nitrogens with one attached hydrogen (secondary N) is 1. The van der Waals surface area contributed by atoms with Gasteiger partial charge >= 0.3 is 5.69 Å². The molecule has 0 spiro atoms. The van der Waals surface area contributed by atoms with E-state index in [2.05, 4.69) is 68.7 Å². The summed E-state index contributed by atoms with van der Waals surface area (Å²) in [6, 6.07) is 26.7. The number of nitrogens with zero attached hydrogens (tertiary/aromatic N) is 5. The van der Waals surface area contributed by atoms with Crippen LogP contribution in [0.3, 0.4) is 0 Å². The van der Waals surface area contributed by atoms with Gasteiger partial charge in [0, 0.05) is 32.7 Å². The molecule has 0 bridgehead atoms. The number of nitro groups is 1. The summed E-state index contributed by atoms with van der Waals surface area (Å²) in [6.45, 7) is 3.14. The summed E-state index contributed by atoms with van der Waals surface area (Å²) in [4.78, 5) is 24.8. The lowest BCUT2D eigenvalue weighted by molar-refractivity contribution is -0.383. The fourth-order valence-electron chi connectivity index (χ4n) is 5.34. The van der Waals surface area contributed by atoms with Crippen molar-refractivity contribution in [2.45, 2.75) is 12.5 Å². The average molecular weight is 555 g/mol. The summed E-state index contributed by atoms with van der Waals surface area (Å²) in [6.07, 6.45) is 2.01. The Morgan fingerprint density at radius 3 is 2.10 bits per heavy atom. The molecule has 0 amide bonds. The molecular weight excluding hydrogens is 520 g/mol. The van der Waals surface area contributed by atoms with Gasteiger partial charge < -0.3 is 19.7 Å². The fourth-order valence-corrected chi connectivity index (χ4v) is 5.34. The zero-order valence-electron chi connectivity index (χ0n) is 23.3. The third-order valence-electron chi connectivity index (χ3n) is 7.35. The van der Waals surface area contributed by atoms with Gasteiger partial charge in [0.2, 0.25) is 11.6 Å². The van der Waals surface area contributed by atoms with E-state index in [-0.39, 0.29) is 17.5 Å². The van der Waals surface area contributed by atoms with Gasteiger partial charge in [0.1, 0.15) is 6.33 Å². The Kier molecular flexibility index (Phi) is 8.90. The monoisotopic (exact) mass is 554 g/mol. The zero-order chi connectivity index (χ0) is 28.6. The molecule has 1 N–H and O–H groups in total. The highest BCUT2D eigenvalue weighted by Crippen LogP contribution is 2.35. The largest absolute Gasteiger partial charge is 0.493 e. The number of benzene rings is 3. The molecule has 0 atom stereocenters. The van der Waals surface area contributed by atoms with E-state index in [1.54, 1.807) is 14.2 Å². The standard InChI is InChI=1S/C31H34N6O4/c1-40-26-14-13-23(21-27(26)41-2)15-16-32-30-29(37(38)39)31(34-22-33-30)36-19-17-35(18-20-36)28(24-9-5-3-6-10-24)25-11-7-4-8-12-25/h3-14,21-22,28H,15-20H2,1-2H3,(H,32,33,34). The van der Waals surface area contributed by atoms with E-state index in [1.165, 1.54) is 17.5 Å². The van der Waals surface area contributed by atoms with Crippen LogP contribution in [0.25, 0.3) is 0 Å². The lowest BCUT2D eigenvalue weighted by Crippen LogP contribution is -2.48. The highest BCUT2D eigenvalue weighted by molar-refractivity contribution is 5.70. The summed E-state index contributed by atoms with van der Waals surface area (Å²) in [5.74, 6) is 1.85. The summed E-state index contributed by atoms with van der Waals surface area (Å²) >= 11 is 0. The van der Waals surface area contributed by atoms with Crippen LogP contribution in [0.4, 0.5) is 17.3 Å². The van der Waals surface area contributed by atoms with Crippen LogP contribution in [0, 0.1) is 10.1 Å². The van der Waals surface area contributed by atoms with Gasteiger partial charge in [-0.15, -0.1) is 0 Å². The number of aromatic nitrogens is 2. The van der Waals surface area contributed by atoms with Crippen molar-refractivity contribution >= 4 is 17.3 Å². The molecule has 0 radical (unpaired) electrons. The first-order valence-electron chi connectivity index (χ1n) is 13.6. The maximum Gasteiger partial charge on any atom is 0.353 e. The van der Waals surface area contributed by atoms with Crippen molar-refractivity contribution in [3.05, 3.63) is 112 Å². The van der Waals surface area contributed by atoms with E-state index in [1.807, 2.05) is 35.2 Å². The topological polar surface area (TPSA) is 106 Å². The summed E-state index contributed by atoms with van der Waals surface area (Å²) in [5.41, 5.74) is 3.35. The Bertz CT molecular complexity index is 1410. The van der Waals surface area contributed by atoms with Gasteiger partial charge in [-0.25, -0.2) is 9.97 Å². The van der Waals surface area contributed by atoms with E-state index >= 15 is 0 Å².